The van der Waals surface area contributed by atoms with E-state index in [0.29, 0.717) is 32.1 Å². The molecular formula is C41H67O11P. The van der Waals surface area contributed by atoms with Crippen molar-refractivity contribution in [3.05, 3.63) is 60.8 Å². The number of ether oxygens (including phenoxy) is 2. The second-order valence-electron chi connectivity index (χ2n) is 13.7. The smallest absolute Gasteiger partial charge is 0.462 e. The molecule has 53 heavy (non-hydrogen) atoms. The highest BCUT2D eigenvalue weighted by Gasteiger charge is 2.39. The van der Waals surface area contributed by atoms with Gasteiger partial charge in [0.25, 0.3) is 0 Å². The summed E-state index contributed by atoms with van der Waals surface area (Å²) >= 11 is 0. The summed E-state index contributed by atoms with van der Waals surface area (Å²) in [5.41, 5.74) is 0. The average Bonchev–Trinajstić information content (AvgIpc) is 3.38. The zero-order valence-electron chi connectivity index (χ0n) is 32.1. The van der Waals surface area contributed by atoms with Gasteiger partial charge in [-0.25, -0.2) is 4.57 Å². The number of esters is 2. The molecule has 12 heteroatoms. The third-order valence-corrected chi connectivity index (χ3v) is 9.37. The molecule has 1 saturated carbocycles. The lowest BCUT2D eigenvalue weighted by Gasteiger charge is -2.18. The highest BCUT2D eigenvalue weighted by molar-refractivity contribution is 7.46. The van der Waals surface area contributed by atoms with Gasteiger partial charge in [-0.1, -0.05) is 113 Å². The van der Waals surface area contributed by atoms with Gasteiger partial charge in [-0.05, 0) is 64.2 Å². The molecule has 5 atom stereocenters. The molecule has 11 nitrogen and oxygen atoms in total. The number of unbranched alkanes of at least 4 members (excludes halogenated alkanes) is 8. The van der Waals surface area contributed by atoms with Crippen LogP contribution in [0, 0.1) is 11.8 Å². The summed E-state index contributed by atoms with van der Waals surface area (Å²) < 4.78 is 26.3. The van der Waals surface area contributed by atoms with E-state index in [1.54, 1.807) is 12.2 Å². The van der Waals surface area contributed by atoms with Gasteiger partial charge in [-0.2, -0.15) is 0 Å². The van der Waals surface area contributed by atoms with Gasteiger partial charge in [0.15, 0.2) is 6.10 Å². The van der Waals surface area contributed by atoms with Crippen LogP contribution < -0.4 is 0 Å². The molecule has 0 aromatic heterocycles. The number of allylic oxidation sites excluding steroid dienone is 8. The molecule has 0 saturated heterocycles. The molecule has 1 fully saturated rings. The van der Waals surface area contributed by atoms with E-state index in [9.17, 15) is 29.2 Å². The molecule has 0 aromatic carbocycles. The first-order chi connectivity index (χ1) is 25.5. The zero-order valence-corrected chi connectivity index (χ0v) is 33.0. The van der Waals surface area contributed by atoms with E-state index >= 15 is 0 Å². The quantitative estimate of drug-likeness (QED) is 0.0231. The number of hydrogen-bond acceptors (Lipinski definition) is 9. The Kier molecular flexibility index (Phi) is 28.0. The van der Waals surface area contributed by atoms with Gasteiger partial charge < -0.3 is 29.5 Å². The van der Waals surface area contributed by atoms with Crippen LogP contribution in [0.25, 0.3) is 0 Å². The van der Waals surface area contributed by atoms with Crippen LogP contribution in [0.5, 0.6) is 0 Å². The molecule has 0 amide bonds. The first-order valence-corrected chi connectivity index (χ1v) is 21.2. The molecule has 0 spiro atoms. The van der Waals surface area contributed by atoms with Crippen molar-refractivity contribution in [2.75, 3.05) is 13.2 Å². The number of Topliss-reactive ketones (excluding diaryl/α,β-unsaturated/α-hetero) is 1. The number of phosphoric ester groups is 1. The molecule has 1 aliphatic carbocycles. The van der Waals surface area contributed by atoms with E-state index in [4.69, 9.17) is 19.3 Å². The number of rotatable bonds is 31. The van der Waals surface area contributed by atoms with E-state index < -0.39 is 51.3 Å². The van der Waals surface area contributed by atoms with Gasteiger partial charge in [-0.3, -0.25) is 18.9 Å². The van der Waals surface area contributed by atoms with E-state index in [1.165, 1.54) is 0 Å². The van der Waals surface area contributed by atoms with Crippen molar-refractivity contribution in [1.29, 1.82) is 0 Å². The minimum atomic E-state index is -4.83. The van der Waals surface area contributed by atoms with Crippen molar-refractivity contribution < 1.29 is 52.9 Å². The summed E-state index contributed by atoms with van der Waals surface area (Å²) in [7, 11) is -4.83. The van der Waals surface area contributed by atoms with Crippen LogP contribution in [-0.4, -0.2) is 69.2 Å². The average molecular weight is 767 g/mol. The number of hydrogen-bond donors (Lipinski definition) is 4. The van der Waals surface area contributed by atoms with Gasteiger partial charge in [0.05, 0.1) is 18.8 Å². The topological polar surface area (TPSA) is 177 Å². The van der Waals surface area contributed by atoms with Crippen LogP contribution in [0.15, 0.2) is 60.8 Å². The highest BCUT2D eigenvalue weighted by atomic mass is 31.2. The first-order valence-electron chi connectivity index (χ1n) is 19.7. The summed E-state index contributed by atoms with van der Waals surface area (Å²) in [5.74, 6) is -1.84. The van der Waals surface area contributed by atoms with Gasteiger partial charge in [0.2, 0.25) is 0 Å². The Morgan fingerprint density at radius 2 is 1.45 bits per heavy atom. The summed E-state index contributed by atoms with van der Waals surface area (Å²) in [6, 6.07) is 0. The summed E-state index contributed by atoms with van der Waals surface area (Å²) in [4.78, 5) is 55.4. The maximum atomic E-state index is 12.5. The molecule has 0 radical (unpaired) electrons. The standard InChI is InChI=1S/C41H67O11P/c1-3-5-7-8-9-10-11-12-13-14-15-16-17-18-24-28-41(46)52-35(33-51-53(47,48)49)32-50-40(45)27-23-20-19-22-26-36-37(39(44)31-38(36)43)30-29-34(42)25-21-6-4-2/h5,7,9-10,12-13,19,22,29-30,34-37,39,42,44H,3-4,6,8,11,14-18,20-21,23-28,31-33H2,1-2H3,(H2,47,48,49)/b7-5-,10-9-,13-12-,22-19-,30-29+/t34-,35+,36+,37+,39+/m0/s1. The fourth-order valence-corrected chi connectivity index (χ4v) is 6.26. The second kappa shape index (κ2) is 30.6. The highest BCUT2D eigenvalue weighted by Crippen LogP contribution is 2.36. The molecule has 0 bridgehead atoms. The van der Waals surface area contributed by atoms with E-state index in [2.05, 4.69) is 54.8 Å². The lowest BCUT2D eigenvalue weighted by molar-refractivity contribution is -0.161. The first kappa shape index (κ1) is 48.4. The lowest BCUT2D eigenvalue weighted by atomic mass is 9.90. The lowest BCUT2D eigenvalue weighted by Crippen LogP contribution is -2.29. The molecule has 0 heterocycles. The predicted octanol–water partition coefficient (Wildman–Crippen LogP) is 8.32. The minimum Gasteiger partial charge on any atom is -0.462 e. The third kappa shape index (κ3) is 26.7. The Morgan fingerprint density at radius 3 is 2.17 bits per heavy atom. The normalized spacial score (nSPS) is 19.4. The van der Waals surface area contributed by atoms with Gasteiger partial charge in [0.1, 0.15) is 12.4 Å². The Bertz CT molecular complexity index is 1200. The number of carbonyl (C=O) groups is 3. The molecule has 302 valence electrons. The van der Waals surface area contributed by atoms with Gasteiger partial charge in [-0.15, -0.1) is 0 Å². The van der Waals surface area contributed by atoms with Crippen molar-refractivity contribution in [3.63, 3.8) is 0 Å². The van der Waals surface area contributed by atoms with E-state index in [0.717, 1.165) is 70.6 Å². The maximum Gasteiger partial charge on any atom is 0.469 e. The Hall–Kier alpha value is -2.66. The number of phosphoric acid groups is 1. The fourth-order valence-electron chi connectivity index (χ4n) is 5.90. The monoisotopic (exact) mass is 766 g/mol. The van der Waals surface area contributed by atoms with Crippen LogP contribution in [0.4, 0.5) is 0 Å². The SMILES string of the molecule is CC/C=C\C/C=C\C/C=C\CCCCCCCC(=O)O[C@H](COC(=O)CCC/C=C\C[C@H]1C(=O)C[C@@H](O)[C@@H]1/C=C/[C@@H](O)CCCCC)COP(=O)(O)O. The number of aliphatic hydroxyl groups excluding tert-OH is 2. The van der Waals surface area contributed by atoms with Gasteiger partial charge >= 0.3 is 19.8 Å². The van der Waals surface area contributed by atoms with Gasteiger partial charge in [0, 0.05) is 31.1 Å². The van der Waals surface area contributed by atoms with Crippen LogP contribution in [0.1, 0.15) is 136 Å². The van der Waals surface area contributed by atoms with Crippen molar-refractivity contribution in [2.24, 2.45) is 11.8 Å². The molecular weight excluding hydrogens is 699 g/mol. The molecule has 4 N–H and O–H groups in total. The van der Waals surface area contributed by atoms with Crippen LogP contribution in [-0.2, 0) is 32.9 Å². The zero-order chi connectivity index (χ0) is 39.2. The number of carbonyl (C=O) groups excluding carboxylic acids is 3. The van der Waals surface area contributed by atoms with E-state index in [1.807, 2.05) is 12.2 Å². The third-order valence-electron chi connectivity index (χ3n) is 8.89. The fraction of sp³-hybridized carbons (Fsp3) is 0.683. The van der Waals surface area contributed by atoms with Crippen LogP contribution >= 0.6 is 7.82 Å². The molecule has 1 rings (SSSR count). The van der Waals surface area contributed by atoms with E-state index in [-0.39, 0.29) is 36.9 Å². The van der Waals surface area contributed by atoms with Crippen molar-refractivity contribution in [1.82, 2.24) is 0 Å². The summed E-state index contributed by atoms with van der Waals surface area (Å²) in [5, 5.41) is 20.6. The summed E-state index contributed by atoms with van der Waals surface area (Å²) in [6.07, 6.45) is 31.7. The Balaban J connectivity index is 2.34. The van der Waals surface area contributed by atoms with Crippen molar-refractivity contribution >= 4 is 25.5 Å². The minimum absolute atomic E-state index is 0.0106. The van der Waals surface area contributed by atoms with Crippen molar-refractivity contribution in [2.45, 2.75) is 154 Å². The maximum absolute atomic E-state index is 12.5. The molecule has 0 aromatic rings. The van der Waals surface area contributed by atoms with Crippen molar-refractivity contribution in [3.8, 4) is 0 Å². The number of aliphatic hydroxyl groups is 2. The molecule has 0 aliphatic heterocycles. The summed E-state index contributed by atoms with van der Waals surface area (Å²) in [6.45, 7) is 3.20. The second-order valence-corrected chi connectivity index (χ2v) is 14.9. The largest absolute Gasteiger partial charge is 0.469 e. The predicted molar refractivity (Wildman–Crippen MR) is 208 cm³/mol. The number of ketones is 1. The Morgan fingerprint density at radius 1 is 0.811 bits per heavy atom. The van der Waals surface area contributed by atoms with Crippen LogP contribution in [0.2, 0.25) is 0 Å². The van der Waals surface area contributed by atoms with Crippen LogP contribution in [0.3, 0.4) is 0 Å². The Labute approximate surface area is 317 Å². The molecule has 1 aliphatic rings. The molecule has 0 unspecified atom stereocenters.